The van der Waals surface area contributed by atoms with Gasteiger partial charge in [-0.1, -0.05) is 23.7 Å². The molecule has 35 heavy (non-hydrogen) atoms. The summed E-state index contributed by atoms with van der Waals surface area (Å²) in [4.78, 5) is 11.9. The Balaban J connectivity index is 0.00000432. The number of sulfone groups is 1. The van der Waals surface area contributed by atoms with Crippen molar-refractivity contribution >= 4 is 39.8 Å². The zero-order chi connectivity index (χ0) is 24.8. The molecule has 3 aromatic rings. The van der Waals surface area contributed by atoms with Gasteiger partial charge in [0.25, 0.3) is 0 Å². The molecule has 10 heteroatoms. The molecule has 0 bridgehead atoms. The Hall–Kier alpha value is -2.62. The van der Waals surface area contributed by atoms with Crippen molar-refractivity contribution in [2.75, 3.05) is 19.8 Å². The molecule has 0 heterocycles. The molecule has 7 nitrogen and oxygen atoms in total. The van der Waals surface area contributed by atoms with Crippen LogP contribution in [-0.2, 0) is 20.3 Å². The lowest BCUT2D eigenvalue weighted by atomic mass is 10.1. The molecule has 188 valence electrons. The fraction of sp³-hybridized carbons (Fsp3) is 0.240. The Kier molecular flexibility index (Phi) is 10.1. The van der Waals surface area contributed by atoms with Gasteiger partial charge in [0.05, 0.1) is 22.0 Å². The van der Waals surface area contributed by atoms with E-state index in [1.54, 1.807) is 50.2 Å². The molecule has 0 aliphatic heterocycles. The Bertz CT molecular complexity index is 1230. The Morgan fingerprint density at radius 1 is 1.03 bits per heavy atom. The predicted octanol–water partition coefficient (Wildman–Crippen LogP) is 4.60. The maximum Gasteiger partial charge on any atom is 0.338 e. The van der Waals surface area contributed by atoms with Gasteiger partial charge in [-0.2, -0.15) is 0 Å². The van der Waals surface area contributed by atoms with Gasteiger partial charge in [-0.3, -0.25) is 5.32 Å². The Morgan fingerprint density at radius 3 is 2.20 bits per heavy atom. The van der Waals surface area contributed by atoms with Crippen molar-refractivity contribution in [1.29, 1.82) is 0 Å². The molecule has 0 spiro atoms. The lowest BCUT2D eigenvalue weighted by Crippen LogP contribution is -2.41. The standard InChI is InChI=1S/C25H26ClNO6S.ClH/c1-3-32-24(28)18-7-11-22(12-8-18)34(30,31)23-13-9-21(10-14-23)33-16-15-27-25(2,29)19-5-4-6-20(26)17-19;/h4-14,17,27,29H,3,15-16H2,1-2H3;1H/t25-;/m0./s1. The van der Waals surface area contributed by atoms with E-state index >= 15 is 0 Å². The normalized spacial score (nSPS) is 12.8. The van der Waals surface area contributed by atoms with Crippen LogP contribution in [0.15, 0.2) is 82.6 Å². The number of halogens is 2. The average Bonchev–Trinajstić information content (AvgIpc) is 2.82. The number of esters is 1. The fourth-order valence-corrected chi connectivity index (χ4v) is 4.64. The van der Waals surface area contributed by atoms with Gasteiger partial charge in [0.1, 0.15) is 18.1 Å². The van der Waals surface area contributed by atoms with E-state index in [4.69, 9.17) is 21.1 Å². The third kappa shape index (κ3) is 7.43. The first-order valence-electron chi connectivity index (χ1n) is 10.6. The lowest BCUT2D eigenvalue weighted by molar-refractivity contribution is 0.0169. The van der Waals surface area contributed by atoms with Gasteiger partial charge in [-0.25, -0.2) is 13.2 Å². The molecule has 0 fully saturated rings. The first-order chi connectivity index (χ1) is 16.1. The van der Waals surface area contributed by atoms with E-state index < -0.39 is 21.5 Å². The van der Waals surface area contributed by atoms with E-state index in [9.17, 15) is 18.3 Å². The molecule has 0 saturated carbocycles. The van der Waals surface area contributed by atoms with Gasteiger partial charge in [0.15, 0.2) is 0 Å². The lowest BCUT2D eigenvalue weighted by Gasteiger charge is -2.25. The van der Waals surface area contributed by atoms with Crippen molar-refractivity contribution in [3.05, 3.63) is 88.9 Å². The van der Waals surface area contributed by atoms with Crippen LogP contribution >= 0.6 is 24.0 Å². The number of carbonyl (C=O) groups excluding carboxylic acids is 1. The maximum atomic E-state index is 12.9. The van der Waals surface area contributed by atoms with Gasteiger partial charge in [0.2, 0.25) is 9.84 Å². The minimum atomic E-state index is -3.75. The smallest absolute Gasteiger partial charge is 0.338 e. The predicted molar refractivity (Wildman–Crippen MR) is 136 cm³/mol. The van der Waals surface area contributed by atoms with Crippen LogP contribution in [0, 0.1) is 0 Å². The Morgan fingerprint density at radius 2 is 1.63 bits per heavy atom. The van der Waals surface area contributed by atoms with Crippen molar-refractivity contribution in [2.24, 2.45) is 0 Å². The summed E-state index contributed by atoms with van der Waals surface area (Å²) in [5, 5.41) is 14.1. The van der Waals surface area contributed by atoms with Crippen LogP contribution < -0.4 is 10.1 Å². The summed E-state index contributed by atoms with van der Waals surface area (Å²) >= 11 is 5.98. The summed E-state index contributed by atoms with van der Waals surface area (Å²) < 4.78 is 36.3. The van der Waals surface area contributed by atoms with Gasteiger partial charge >= 0.3 is 5.97 Å². The molecule has 0 aromatic heterocycles. The van der Waals surface area contributed by atoms with Crippen LogP contribution in [0.4, 0.5) is 0 Å². The molecule has 0 aliphatic carbocycles. The SMILES string of the molecule is CCOC(=O)c1ccc(S(=O)(=O)c2ccc(OCCN[C@@](C)(O)c3cccc(Cl)c3)cc2)cc1.Cl. The molecule has 3 aromatic carbocycles. The van der Waals surface area contributed by atoms with Crippen molar-refractivity contribution in [1.82, 2.24) is 5.32 Å². The molecule has 0 unspecified atom stereocenters. The average molecular weight is 540 g/mol. The minimum absolute atomic E-state index is 0. The Labute approximate surface area is 216 Å². The molecule has 0 saturated heterocycles. The zero-order valence-electron chi connectivity index (χ0n) is 19.2. The summed E-state index contributed by atoms with van der Waals surface area (Å²) in [7, 11) is -3.75. The summed E-state index contributed by atoms with van der Waals surface area (Å²) in [6.07, 6.45) is 0. The van der Waals surface area contributed by atoms with Crippen molar-refractivity contribution in [3.63, 3.8) is 0 Å². The number of ether oxygens (including phenoxy) is 2. The number of carbonyl (C=O) groups is 1. The minimum Gasteiger partial charge on any atom is -0.492 e. The molecule has 0 amide bonds. The van der Waals surface area contributed by atoms with Crippen LogP contribution in [0.5, 0.6) is 5.75 Å². The molecular formula is C25H27Cl2NO6S. The second-order valence-corrected chi connectivity index (χ2v) is 9.96. The van der Waals surface area contributed by atoms with Gasteiger partial charge < -0.3 is 14.6 Å². The van der Waals surface area contributed by atoms with Gasteiger partial charge in [-0.05, 0) is 80.1 Å². The number of aliphatic hydroxyl groups is 1. The third-order valence-electron chi connectivity index (χ3n) is 5.04. The van der Waals surface area contributed by atoms with Gasteiger partial charge in [-0.15, -0.1) is 12.4 Å². The van der Waals surface area contributed by atoms with Crippen molar-refractivity contribution in [3.8, 4) is 5.75 Å². The van der Waals surface area contributed by atoms with Crippen LogP contribution in [0.25, 0.3) is 0 Å². The highest BCUT2D eigenvalue weighted by atomic mass is 35.5. The van der Waals surface area contributed by atoms with Crippen LogP contribution in [0.2, 0.25) is 5.02 Å². The van der Waals surface area contributed by atoms with E-state index in [1.165, 1.54) is 36.4 Å². The second kappa shape index (κ2) is 12.4. The van der Waals surface area contributed by atoms with Crippen LogP contribution in [-0.4, -0.2) is 39.3 Å². The molecular weight excluding hydrogens is 513 g/mol. The first kappa shape index (κ1) is 28.6. The van der Waals surface area contributed by atoms with Crippen molar-refractivity contribution in [2.45, 2.75) is 29.4 Å². The molecule has 3 rings (SSSR count). The first-order valence-corrected chi connectivity index (χ1v) is 12.5. The van der Waals surface area contributed by atoms with E-state index in [1.807, 2.05) is 0 Å². The highest BCUT2D eigenvalue weighted by Gasteiger charge is 2.22. The molecule has 0 aliphatic rings. The summed E-state index contributed by atoms with van der Waals surface area (Å²) in [6.45, 7) is 4.15. The van der Waals surface area contributed by atoms with Crippen LogP contribution in [0.1, 0.15) is 29.8 Å². The summed E-state index contributed by atoms with van der Waals surface area (Å²) in [6, 6.07) is 18.6. The number of hydrogen-bond acceptors (Lipinski definition) is 7. The summed E-state index contributed by atoms with van der Waals surface area (Å²) in [5.41, 5.74) is -0.369. The fourth-order valence-electron chi connectivity index (χ4n) is 3.19. The largest absolute Gasteiger partial charge is 0.492 e. The van der Waals surface area contributed by atoms with Gasteiger partial charge in [0, 0.05) is 11.6 Å². The quantitative estimate of drug-likeness (QED) is 0.220. The maximum absolute atomic E-state index is 12.9. The number of nitrogens with one attached hydrogen (secondary N) is 1. The molecule has 0 radical (unpaired) electrons. The van der Waals surface area contributed by atoms with E-state index in [2.05, 4.69) is 5.32 Å². The third-order valence-corrected chi connectivity index (χ3v) is 7.06. The highest BCUT2D eigenvalue weighted by molar-refractivity contribution is 7.91. The van der Waals surface area contributed by atoms with Crippen molar-refractivity contribution < 1.29 is 27.8 Å². The number of benzene rings is 3. The van der Waals surface area contributed by atoms with E-state index in [0.29, 0.717) is 22.9 Å². The topological polar surface area (TPSA) is 102 Å². The number of rotatable bonds is 10. The number of hydrogen-bond donors (Lipinski definition) is 2. The molecule has 2 N–H and O–H groups in total. The highest BCUT2D eigenvalue weighted by Crippen LogP contribution is 2.24. The van der Waals surface area contributed by atoms with Crippen LogP contribution in [0.3, 0.4) is 0 Å². The van der Waals surface area contributed by atoms with E-state index in [0.717, 1.165) is 0 Å². The second-order valence-electron chi connectivity index (χ2n) is 7.58. The monoisotopic (exact) mass is 539 g/mol. The van der Waals surface area contributed by atoms with E-state index in [-0.39, 0.29) is 41.0 Å². The zero-order valence-corrected chi connectivity index (χ0v) is 21.6. The summed E-state index contributed by atoms with van der Waals surface area (Å²) in [5.74, 6) is -0.0164. The molecule has 1 atom stereocenters.